The molecule has 0 aliphatic carbocycles. The Balaban J connectivity index is 1.75. The van der Waals surface area contributed by atoms with Crippen LogP contribution in [-0.4, -0.2) is 57.5 Å². The van der Waals surface area contributed by atoms with Crippen molar-refractivity contribution in [1.82, 2.24) is 19.7 Å². The third-order valence-corrected chi connectivity index (χ3v) is 5.21. The lowest BCUT2D eigenvalue weighted by atomic mass is 10.1. The van der Waals surface area contributed by atoms with E-state index in [4.69, 9.17) is 15.8 Å². The van der Waals surface area contributed by atoms with Crippen molar-refractivity contribution in [3.05, 3.63) is 41.9 Å². The third-order valence-electron chi connectivity index (χ3n) is 5.21. The molecule has 1 fully saturated rings. The maximum atomic E-state index is 9.12. The lowest BCUT2D eigenvalue weighted by Crippen LogP contribution is -2.29. The first-order valence-electron chi connectivity index (χ1n) is 10.6. The van der Waals surface area contributed by atoms with Crippen molar-refractivity contribution in [2.45, 2.75) is 32.2 Å². The van der Waals surface area contributed by atoms with E-state index in [2.05, 4.69) is 43.5 Å². The molecule has 10 nitrogen and oxygen atoms in total. The van der Waals surface area contributed by atoms with Gasteiger partial charge in [0, 0.05) is 67.1 Å². The number of hydrogen-bond acceptors (Lipinski definition) is 9. The Hall–Kier alpha value is -3.84. The number of hydrogen-bond donors (Lipinski definition) is 2. The summed E-state index contributed by atoms with van der Waals surface area (Å²) in [6.07, 6.45) is 9.35. The summed E-state index contributed by atoms with van der Waals surface area (Å²) in [7, 11) is 0. The van der Waals surface area contributed by atoms with Crippen molar-refractivity contribution in [3.8, 4) is 11.9 Å². The Labute approximate surface area is 185 Å². The van der Waals surface area contributed by atoms with Crippen LogP contribution in [0, 0.1) is 11.3 Å². The van der Waals surface area contributed by atoms with E-state index in [0.717, 1.165) is 49.1 Å². The van der Waals surface area contributed by atoms with Gasteiger partial charge in [-0.2, -0.15) is 20.1 Å². The molecule has 0 radical (unpaired) electrons. The Bertz CT molecular complexity index is 1190. The molecule has 0 aromatic carbocycles. The first kappa shape index (κ1) is 21.4. The van der Waals surface area contributed by atoms with Gasteiger partial charge in [-0.15, -0.1) is 0 Å². The lowest BCUT2D eigenvalue weighted by molar-refractivity contribution is 0.0904. The molecule has 3 aromatic heterocycles. The fourth-order valence-electron chi connectivity index (χ4n) is 3.55. The highest BCUT2D eigenvalue weighted by Crippen LogP contribution is 2.24. The Morgan fingerprint density at radius 1 is 1.31 bits per heavy atom. The highest BCUT2D eigenvalue weighted by Gasteiger charge is 2.19. The largest absolute Gasteiger partial charge is 0.381 e. The summed E-state index contributed by atoms with van der Waals surface area (Å²) in [4.78, 5) is 13.4. The van der Waals surface area contributed by atoms with Crippen molar-refractivity contribution in [2.75, 3.05) is 25.1 Å². The quantitative estimate of drug-likeness (QED) is 0.333. The van der Waals surface area contributed by atoms with Gasteiger partial charge in [-0.1, -0.05) is 6.92 Å². The average Bonchev–Trinajstić information content (AvgIpc) is 3.26. The number of rotatable bonds is 7. The molecular weight excluding hydrogens is 406 g/mol. The van der Waals surface area contributed by atoms with Gasteiger partial charge in [0.1, 0.15) is 11.8 Å². The lowest BCUT2D eigenvalue weighted by Gasteiger charge is -2.25. The van der Waals surface area contributed by atoms with Crippen molar-refractivity contribution in [3.63, 3.8) is 0 Å². The predicted octanol–water partition coefficient (Wildman–Crippen LogP) is 2.42. The van der Waals surface area contributed by atoms with Crippen LogP contribution in [-0.2, 0) is 4.74 Å². The minimum atomic E-state index is 0.259. The van der Waals surface area contributed by atoms with Gasteiger partial charge >= 0.3 is 0 Å². The molecule has 4 rings (SSSR count). The number of anilines is 1. The number of nitrogens with zero attached hydrogens (tertiary/aromatic N) is 7. The van der Waals surface area contributed by atoms with E-state index in [9.17, 15) is 0 Å². The molecule has 0 unspecified atom stereocenters. The zero-order valence-electron chi connectivity index (χ0n) is 17.9. The highest BCUT2D eigenvalue weighted by atomic mass is 16.5. The topological polar surface area (TPSA) is 139 Å². The van der Waals surface area contributed by atoms with Gasteiger partial charge in [-0.25, -0.2) is 9.97 Å². The number of nitrogens with two attached hydrogens (primary N) is 1. The van der Waals surface area contributed by atoms with E-state index in [1.807, 2.05) is 6.07 Å². The predicted molar refractivity (Wildman–Crippen MR) is 123 cm³/mol. The molecule has 3 aromatic rings. The standard InChI is InChI=1S/C22H25N9O/c1-2-5-25-14-20(30-24)18-13-26-21(9-19(18)29-17-3-6-32-7-4-17)31-22-16(12-28-31)8-15(10-23)11-27-22/h8-9,11-14,17H,2-7,24H2,1H3,(H,26,29). The van der Waals surface area contributed by atoms with Gasteiger partial charge in [0.15, 0.2) is 11.5 Å². The van der Waals surface area contributed by atoms with Crippen molar-refractivity contribution in [2.24, 2.45) is 15.9 Å². The van der Waals surface area contributed by atoms with Gasteiger partial charge in [0.05, 0.1) is 11.8 Å². The number of ether oxygens (including phenoxy) is 1. The highest BCUT2D eigenvalue weighted by molar-refractivity contribution is 6.39. The summed E-state index contributed by atoms with van der Waals surface area (Å²) in [5, 5.41) is 21.9. The van der Waals surface area contributed by atoms with E-state index >= 15 is 0 Å². The van der Waals surface area contributed by atoms with Crippen LogP contribution in [0.3, 0.4) is 0 Å². The van der Waals surface area contributed by atoms with Gasteiger partial charge < -0.3 is 15.9 Å². The van der Waals surface area contributed by atoms with E-state index < -0.39 is 0 Å². The maximum absolute atomic E-state index is 9.12. The maximum Gasteiger partial charge on any atom is 0.164 e. The van der Waals surface area contributed by atoms with E-state index in [1.165, 1.54) is 6.20 Å². The van der Waals surface area contributed by atoms with Crippen molar-refractivity contribution in [1.29, 1.82) is 5.26 Å². The number of fused-ring (bicyclic) bond motifs is 1. The molecule has 1 aliphatic rings. The second-order valence-electron chi connectivity index (χ2n) is 7.47. The van der Waals surface area contributed by atoms with Crippen LogP contribution in [0.1, 0.15) is 37.3 Å². The van der Waals surface area contributed by atoms with E-state index in [1.54, 1.807) is 29.4 Å². The molecule has 1 aliphatic heterocycles. The second-order valence-corrected chi connectivity index (χ2v) is 7.47. The molecule has 4 heterocycles. The van der Waals surface area contributed by atoms with Crippen molar-refractivity contribution >= 4 is 28.6 Å². The monoisotopic (exact) mass is 431 g/mol. The summed E-state index contributed by atoms with van der Waals surface area (Å²) in [5.74, 6) is 6.29. The minimum Gasteiger partial charge on any atom is -0.381 e. The Morgan fingerprint density at radius 2 is 2.16 bits per heavy atom. The number of nitrogens with one attached hydrogen (secondary N) is 1. The molecule has 32 heavy (non-hydrogen) atoms. The average molecular weight is 432 g/mol. The van der Waals surface area contributed by atoms with E-state index in [-0.39, 0.29) is 6.04 Å². The van der Waals surface area contributed by atoms with Crippen LogP contribution in [0.5, 0.6) is 0 Å². The summed E-state index contributed by atoms with van der Waals surface area (Å²) in [6.45, 7) is 4.20. The SMILES string of the molecule is CCCN=CC(=NN)c1cnc(-n2ncc3cc(C#N)cnc32)cc1NC1CCOCC1. The van der Waals surface area contributed by atoms with Crippen LogP contribution in [0.25, 0.3) is 16.9 Å². The number of pyridine rings is 2. The van der Waals surface area contributed by atoms with Gasteiger partial charge in [-0.05, 0) is 25.3 Å². The zero-order chi connectivity index (χ0) is 22.3. The zero-order valence-corrected chi connectivity index (χ0v) is 17.9. The first-order chi connectivity index (χ1) is 15.7. The number of aromatic nitrogens is 4. The van der Waals surface area contributed by atoms with Crippen LogP contribution in [0.4, 0.5) is 5.69 Å². The van der Waals surface area contributed by atoms with Gasteiger partial charge in [-0.3, -0.25) is 4.99 Å². The fraction of sp³-hybridized carbons (Fsp3) is 0.364. The Morgan fingerprint density at radius 3 is 2.91 bits per heavy atom. The van der Waals surface area contributed by atoms with Crippen LogP contribution in [0.15, 0.2) is 40.8 Å². The fourth-order valence-corrected chi connectivity index (χ4v) is 3.55. The normalized spacial score (nSPS) is 15.3. The summed E-state index contributed by atoms with van der Waals surface area (Å²) < 4.78 is 7.14. The molecule has 0 atom stereocenters. The van der Waals surface area contributed by atoms with Crippen molar-refractivity contribution < 1.29 is 4.74 Å². The molecule has 10 heteroatoms. The molecule has 0 saturated carbocycles. The first-order valence-corrected chi connectivity index (χ1v) is 10.6. The van der Waals surface area contributed by atoms with Crippen LogP contribution in [0.2, 0.25) is 0 Å². The number of aliphatic imine (C=N–C) groups is 1. The summed E-state index contributed by atoms with van der Waals surface area (Å²) in [6, 6.07) is 6.02. The molecule has 1 saturated heterocycles. The van der Waals surface area contributed by atoms with Gasteiger partial charge in [0.2, 0.25) is 0 Å². The summed E-state index contributed by atoms with van der Waals surface area (Å²) >= 11 is 0. The molecule has 0 spiro atoms. The van der Waals surface area contributed by atoms with Crippen LogP contribution >= 0.6 is 0 Å². The van der Waals surface area contributed by atoms with Crippen LogP contribution < -0.4 is 11.2 Å². The third kappa shape index (κ3) is 4.58. The molecule has 0 amide bonds. The molecule has 3 N–H and O–H groups in total. The molecule has 0 bridgehead atoms. The van der Waals surface area contributed by atoms with E-state index in [0.29, 0.717) is 29.3 Å². The number of nitriles is 1. The minimum absolute atomic E-state index is 0.259. The number of hydrazone groups is 1. The smallest absolute Gasteiger partial charge is 0.164 e. The second kappa shape index (κ2) is 9.98. The molecular formula is C22H25N9O. The summed E-state index contributed by atoms with van der Waals surface area (Å²) in [5.41, 5.74) is 3.26. The Kier molecular flexibility index (Phi) is 6.67. The van der Waals surface area contributed by atoms with Gasteiger partial charge in [0.25, 0.3) is 0 Å². The molecule has 164 valence electrons.